The van der Waals surface area contributed by atoms with Crippen LogP contribution in [0.15, 0.2) is 12.2 Å². The first-order valence-corrected chi connectivity index (χ1v) is 6.81. The molecule has 0 aromatic heterocycles. The largest absolute Gasteiger partial charge is 0.308 e. The Labute approximate surface area is 114 Å². The van der Waals surface area contributed by atoms with E-state index in [4.69, 9.17) is 5.84 Å². The van der Waals surface area contributed by atoms with Gasteiger partial charge < -0.3 is 4.90 Å². The first-order valence-electron chi connectivity index (χ1n) is 6.81. The summed E-state index contributed by atoms with van der Waals surface area (Å²) in [6.07, 6.45) is 5.08. The summed E-state index contributed by atoms with van der Waals surface area (Å²) in [7, 11) is 3.88. The second kappa shape index (κ2) is 5.43. The highest BCUT2D eigenvalue weighted by molar-refractivity contribution is 5.89. The van der Waals surface area contributed by atoms with Crippen LogP contribution in [0.1, 0.15) is 13.3 Å². The number of Topliss-reactive ketones (excluding diaryl/α,β-unsaturated/α-hetero) is 1. The Morgan fingerprint density at radius 3 is 2.26 bits per heavy atom. The van der Waals surface area contributed by atoms with Crippen LogP contribution in [0.3, 0.4) is 0 Å². The molecule has 0 spiro atoms. The Hall–Kier alpha value is -1.20. The van der Waals surface area contributed by atoms with Crippen LogP contribution < -0.4 is 5.84 Å². The zero-order chi connectivity index (χ0) is 14.2. The van der Waals surface area contributed by atoms with E-state index in [-0.39, 0.29) is 35.4 Å². The van der Waals surface area contributed by atoms with E-state index in [9.17, 15) is 9.59 Å². The van der Waals surface area contributed by atoms with Crippen LogP contribution in [0.2, 0.25) is 0 Å². The number of allylic oxidation sites excluding steroid dienone is 2. The summed E-state index contributed by atoms with van der Waals surface area (Å²) in [6, 6.07) is 0. The van der Waals surface area contributed by atoms with Crippen molar-refractivity contribution in [3.8, 4) is 0 Å². The lowest BCUT2D eigenvalue weighted by Gasteiger charge is -2.29. The van der Waals surface area contributed by atoms with Gasteiger partial charge in [0, 0.05) is 19.0 Å². The topological polar surface area (TPSA) is 66.6 Å². The lowest BCUT2D eigenvalue weighted by Crippen LogP contribution is -2.48. The number of amides is 1. The quantitative estimate of drug-likeness (QED) is 0.335. The fraction of sp³-hybridized carbons (Fsp3) is 0.714. The molecule has 0 aromatic carbocycles. The number of hydrogen-bond donors (Lipinski definition) is 1. The molecule has 4 atom stereocenters. The van der Waals surface area contributed by atoms with Crippen molar-refractivity contribution in [2.75, 3.05) is 27.2 Å². The predicted octanol–water partition coefficient (Wildman–Crippen LogP) is 0.278. The zero-order valence-corrected chi connectivity index (χ0v) is 11.9. The Bertz CT molecular complexity index is 405. The van der Waals surface area contributed by atoms with Gasteiger partial charge in [-0.25, -0.2) is 5.84 Å². The van der Waals surface area contributed by atoms with Crippen molar-refractivity contribution in [1.82, 2.24) is 9.91 Å². The van der Waals surface area contributed by atoms with Crippen molar-refractivity contribution < 1.29 is 9.59 Å². The number of hydrogen-bond acceptors (Lipinski definition) is 4. The van der Waals surface area contributed by atoms with Gasteiger partial charge in [0.25, 0.3) is 0 Å². The van der Waals surface area contributed by atoms with Crippen molar-refractivity contribution in [2.24, 2.45) is 29.5 Å². The molecule has 1 saturated carbocycles. The van der Waals surface area contributed by atoms with Crippen molar-refractivity contribution in [3.63, 3.8) is 0 Å². The van der Waals surface area contributed by atoms with E-state index in [0.717, 1.165) is 13.0 Å². The lowest BCUT2D eigenvalue weighted by molar-refractivity contribution is -0.141. The normalized spacial score (nSPS) is 32.1. The second-order valence-electron chi connectivity index (χ2n) is 5.95. The van der Waals surface area contributed by atoms with Gasteiger partial charge in [0.2, 0.25) is 5.91 Å². The minimum atomic E-state index is -0.250. The molecular weight excluding hydrogens is 242 g/mol. The van der Waals surface area contributed by atoms with Gasteiger partial charge in [-0.2, -0.15) is 0 Å². The van der Waals surface area contributed by atoms with Gasteiger partial charge in [0.05, 0.1) is 5.92 Å². The van der Waals surface area contributed by atoms with Gasteiger partial charge in [0.1, 0.15) is 5.78 Å². The molecule has 0 radical (unpaired) electrons. The Morgan fingerprint density at radius 1 is 1.16 bits per heavy atom. The molecule has 2 bridgehead atoms. The summed E-state index contributed by atoms with van der Waals surface area (Å²) in [5.74, 6) is 5.89. The van der Waals surface area contributed by atoms with Gasteiger partial charge in [-0.1, -0.05) is 12.2 Å². The fourth-order valence-corrected chi connectivity index (χ4v) is 3.32. The van der Waals surface area contributed by atoms with Crippen LogP contribution in [0.25, 0.3) is 0 Å². The van der Waals surface area contributed by atoms with Crippen LogP contribution in [0.4, 0.5) is 0 Å². The van der Waals surface area contributed by atoms with Gasteiger partial charge in [0.15, 0.2) is 0 Å². The molecule has 5 nitrogen and oxygen atoms in total. The Kier molecular flexibility index (Phi) is 4.06. The number of hydrazine groups is 1. The fourth-order valence-electron chi connectivity index (χ4n) is 3.32. The Morgan fingerprint density at radius 2 is 1.74 bits per heavy atom. The molecule has 0 saturated heterocycles. The molecule has 5 heteroatoms. The molecule has 19 heavy (non-hydrogen) atoms. The molecule has 2 aliphatic rings. The summed E-state index contributed by atoms with van der Waals surface area (Å²) in [4.78, 5) is 26.2. The zero-order valence-electron chi connectivity index (χ0n) is 11.9. The standard InChI is InChI=1S/C14H23N3O2/c1-9(18)12-10-4-5-11(8-10)13(12)14(19)17(15)7-6-16(2)3/h4-5,10-13H,6-8,15H2,1-3H3/t10?,11?,12-,13+/m0/s1. The summed E-state index contributed by atoms with van der Waals surface area (Å²) in [5.41, 5.74) is 0. The van der Waals surface area contributed by atoms with Crippen LogP contribution in [-0.4, -0.2) is 48.8 Å². The summed E-state index contributed by atoms with van der Waals surface area (Å²) >= 11 is 0. The molecular formula is C14H23N3O2. The van der Waals surface area contributed by atoms with Crippen LogP contribution in [0.5, 0.6) is 0 Å². The third-order valence-electron chi connectivity index (χ3n) is 4.29. The highest BCUT2D eigenvalue weighted by Gasteiger charge is 2.50. The summed E-state index contributed by atoms with van der Waals surface area (Å²) in [6.45, 7) is 2.80. The maximum atomic E-state index is 12.5. The van der Waals surface area contributed by atoms with Crippen LogP contribution in [-0.2, 0) is 9.59 Å². The molecule has 0 aliphatic heterocycles. The number of fused-ring (bicyclic) bond motifs is 2. The van der Waals surface area contributed by atoms with Gasteiger partial charge in [-0.05, 0) is 39.3 Å². The predicted molar refractivity (Wildman–Crippen MR) is 72.9 cm³/mol. The third-order valence-corrected chi connectivity index (χ3v) is 4.29. The van der Waals surface area contributed by atoms with Gasteiger partial charge in [-0.15, -0.1) is 0 Å². The van der Waals surface area contributed by atoms with Crippen molar-refractivity contribution in [1.29, 1.82) is 0 Å². The van der Waals surface area contributed by atoms with E-state index in [2.05, 4.69) is 12.2 Å². The number of nitrogens with two attached hydrogens (primary N) is 1. The van der Waals surface area contributed by atoms with Gasteiger partial charge >= 0.3 is 0 Å². The third kappa shape index (κ3) is 2.72. The molecule has 2 rings (SSSR count). The van der Waals surface area contributed by atoms with E-state index in [1.54, 1.807) is 6.92 Å². The first kappa shape index (κ1) is 14.2. The van der Waals surface area contributed by atoms with Gasteiger partial charge in [-0.3, -0.25) is 14.6 Å². The number of carbonyl (C=O) groups excluding carboxylic acids is 2. The van der Waals surface area contributed by atoms with Crippen LogP contribution >= 0.6 is 0 Å². The number of likely N-dealkylation sites (N-methyl/N-ethyl adjacent to an activating group) is 1. The highest BCUT2D eigenvalue weighted by Crippen LogP contribution is 2.48. The summed E-state index contributed by atoms with van der Waals surface area (Å²) in [5, 5.41) is 1.29. The van der Waals surface area contributed by atoms with E-state index in [1.165, 1.54) is 5.01 Å². The highest BCUT2D eigenvalue weighted by atomic mass is 16.2. The average molecular weight is 265 g/mol. The first-order chi connectivity index (χ1) is 8.91. The number of carbonyl (C=O) groups is 2. The van der Waals surface area contributed by atoms with Crippen molar-refractivity contribution in [3.05, 3.63) is 12.2 Å². The molecule has 1 fully saturated rings. The smallest absolute Gasteiger partial charge is 0.240 e. The molecule has 2 aliphatic carbocycles. The van der Waals surface area contributed by atoms with E-state index in [1.807, 2.05) is 19.0 Å². The minimum absolute atomic E-state index is 0.0844. The van der Waals surface area contributed by atoms with Crippen molar-refractivity contribution in [2.45, 2.75) is 13.3 Å². The maximum Gasteiger partial charge on any atom is 0.240 e. The molecule has 2 unspecified atom stereocenters. The van der Waals surface area contributed by atoms with E-state index >= 15 is 0 Å². The number of nitrogens with zero attached hydrogens (tertiary/aromatic N) is 2. The molecule has 2 N–H and O–H groups in total. The minimum Gasteiger partial charge on any atom is -0.308 e. The second-order valence-corrected chi connectivity index (χ2v) is 5.95. The van der Waals surface area contributed by atoms with E-state index in [0.29, 0.717) is 6.54 Å². The maximum absolute atomic E-state index is 12.5. The van der Waals surface area contributed by atoms with Crippen LogP contribution in [0, 0.1) is 23.7 Å². The SMILES string of the molecule is CC(=O)[C@H]1C2C=CC(C2)[C@H]1C(=O)N(N)CCN(C)C. The average Bonchev–Trinajstić information content (AvgIpc) is 2.94. The molecule has 106 valence electrons. The molecule has 1 amide bonds. The summed E-state index contributed by atoms with van der Waals surface area (Å²) < 4.78 is 0. The van der Waals surface area contributed by atoms with E-state index < -0.39 is 0 Å². The molecule has 0 aromatic rings. The Balaban J connectivity index is 2.05. The monoisotopic (exact) mass is 265 g/mol. The lowest BCUT2D eigenvalue weighted by atomic mass is 9.80. The number of rotatable bonds is 5. The number of ketones is 1. The van der Waals surface area contributed by atoms with Crippen molar-refractivity contribution >= 4 is 11.7 Å². The molecule has 0 heterocycles.